The summed E-state index contributed by atoms with van der Waals surface area (Å²) < 4.78 is 0. The predicted octanol–water partition coefficient (Wildman–Crippen LogP) is 2.19. The fraction of sp³-hybridized carbons (Fsp3) is 0.364. The maximum absolute atomic E-state index is 10.4. The minimum Gasteiger partial charge on any atom is -0.370 e. The van der Waals surface area contributed by atoms with Gasteiger partial charge in [0.2, 0.25) is 5.91 Å². The molecule has 0 saturated carbocycles. The average molecular weight is 209 g/mol. The fourth-order valence-electron chi connectivity index (χ4n) is 1.11. The molecule has 2 N–H and O–H groups in total. The number of amides is 1. The van der Waals surface area contributed by atoms with Gasteiger partial charge < -0.3 is 5.73 Å². The van der Waals surface area contributed by atoms with Crippen LogP contribution in [0.4, 0.5) is 0 Å². The molecule has 0 saturated heterocycles. The Kier molecular flexibility index (Phi) is 5.15. The zero-order chi connectivity index (χ0) is 10.2. The molecule has 0 aliphatic rings. The third-order valence-corrected chi connectivity index (χ3v) is 2.94. The lowest BCUT2D eigenvalue weighted by atomic mass is 10.2. The van der Waals surface area contributed by atoms with E-state index in [-0.39, 0.29) is 5.91 Å². The van der Waals surface area contributed by atoms with Gasteiger partial charge in [-0.15, -0.1) is 0 Å². The SMILES string of the molecule is NC(=O)CCCSCc1ccccc1. The van der Waals surface area contributed by atoms with E-state index in [2.05, 4.69) is 12.1 Å². The quantitative estimate of drug-likeness (QED) is 0.730. The van der Waals surface area contributed by atoms with Crippen molar-refractivity contribution in [1.29, 1.82) is 0 Å². The highest BCUT2D eigenvalue weighted by Crippen LogP contribution is 2.12. The fourth-order valence-corrected chi connectivity index (χ4v) is 2.03. The van der Waals surface area contributed by atoms with Crippen molar-refractivity contribution in [2.75, 3.05) is 5.75 Å². The molecule has 2 nitrogen and oxygen atoms in total. The molecule has 1 amide bonds. The Morgan fingerprint density at radius 1 is 1.29 bits per heavy atom. The maximum Gasteiger partial charge on any atom is 0.217 e. The number of benzene rings is 1. The highest BCUT2D eigenvalue weighted by molar-refractivity contribution is 7.98. The van der Waals surface area contributed by atoms with E-state index in [1.807, 2.05) is 30.0 Å². The van der Waals surface area contributed by atoms with Crippen LogP contribution in [-0.2, 0) is 10.5 Å². The summed E-state index contributed by atoms with van der Waals surface area (Å²) in [5.41, 5.74) is 6.37. The summed E-state index contributed by atoms with van der Waals surface area (Å²) >= 11 is 1.84. The van der Waals surface area contributed by atoms with Gasteiger partial charge in [0.1, 0.15) is 0 Å². The smallest absolute Gasteiger partial charge is 0.217 e. The third kappa shape index (κ3) is 4.92. The second-order valence-corrected chi connectivity index (χ2v) is 4.21. The number of carbonyl (C=O) groups is 1. The molecule has 0 aliphatic carbocycles. The third-order valence-electron chi connectivity index (χ3n) is 1.82. The van der Waals surface area contributed by atoms with E-state index in [9.17, 15) is 4.79 Å². The summed E-state index contributed by atoms with van der Waals surface area (Å²) in [6.45, 7) is 0. The highest BCUT2D eigenvalue weighted by Gasteiger charge is 1.95. The van der Waals surface area contributed by atoms with Crippen molar-refractivity contribution in [1.82, 2.24) is 0 Å². The van der Waals surface area contributed by atoms with Crippen LogP contribution in [0.5, 0.6) is 0 Å². The molecular weight excluding hydrogens is 194 g/mol. The number of hydrogen-bond donors (Lipinski definition) is 1. The van der Waals surface area contributed by atoms with Crippen LogP contribution in [0, 0.1) is 0 Å². The molecule has 0 radical (unpaired) electrons. The van der Waals surface area contributed by atoms with Crippen LogP contribution in [0.15, 0.2) is 30.3 Å². The number of rotatable bonds is 6. The first kappa shape index (κ1) is 11.1. The van der Waals surface area contributed by atoms with Crippen molar-refractivity contribution in [3.63, 3.8) is 0 Å². The Bertz CT molecular complexity index is 274. The Morgan fingerprint density at radius 3 is 2.64 bits per heavy atom. The van der Waals surface area contributed by atoms with Gasteiger partial charge in [0, 0.05) is 12.2 Å². The van der Waals surface area contributed by atoms with Crippen LogP contribution < -0.4 is 5.73 Å². The zero-order valence-corrected chi connectivity index (χ0v) is 8.93. The minimum absolute atomic E-state index is 0.203. The van der Waals surface area contributed by atoms with Gasteiger partial charge in [-0.25, -0.2) is 0 Å². The molecule has 76 valence electrons. The van der Waals surface area contributed by atoms with Crippen molar-refractivity contribution < 1.29 is 4.79 Å². The molecule has 14 heavy (non-hydrogen) atoms. The summed E-state index contributed by atoms with van der Waals surface area (Å²) in [5, 5.41) is 0. The first-order chi connectivity index (χ1) is 6.79. The lowest BCUT2D eigenvalue weighted by Crippen LogP contribution is -2.09. The monoisotopic (exact) mass is 209 g/mol. The number of hydrogen-bond acceptors (Lipinski definition) is 2. The Balaban J connectivity index is 2.08. The number of primary amides is 1. The second kappa shape index (κ2) is 6.49. The highest BCUT2D eigenvalue weighted by atomic mass is 32.2. The molecule has 0 fully saturated rings. The molecule has 1 rings (SSSR count). The van der Waals surface area contributed by atoms with Gasteiger partial charge in [0.25, 0.3) is 0 Å². The van der Waals surface area contributed by atoms with Crippen molar-refractivity contribution in [2.24, 2.45) is 5.73 Å². The van der Waals surface area contributed by atoms with Gasteiger partial charge in [-0.1, -0.05) is 30.3 Å². The summed E-state index contributed by atoms with van der Waals surface area (Å²) in [5.74, 6) is 1.81. The van der Waals surface area contributed by atoms with Gasteiger partial charge in [-0.2, -0.15) is 11.8 Å². The molecule has 0 atom stereocenters. The molecule has 0 aromatic heterocycles. The van der Waals surface area contributed by atoms with Crippen LogP contribution >= 0.6 is 11.8 Å². The van der Waals surface area contributed by atoms with E-state index in [1.165, 1.54) is 5.56 Å². The van der Waals surface area contributed by atoms with Crippen LogP contribution in [0.1, 0.15) is 18.4 Å². The Morgan fingerprint density at radius 2 is 2.00 bits per heavy atom. The van der Waals surface area contributed by atoms with Crippen LogP contribution in [-0.4, -0.2) is 11.7 Å². The topological polar surface area (TPSA) is 43.1 Å². The van der Waals surface area contributed by atoms with Crippen molar-refractivity contribution in [3.05, 3.63) is 35.9 Å². The zero-order valence-electron chi connectivity index (χ0n) is 8.11. The second-order valence-electron chi connectivity index (χ2n) is 3.11. The molecule has 1 aromatic rings. The summed E-state index contributed by atoms with van der Waals surface area (Å²) in [6.07, 6.45) is 1.38. The van der Waals surface area contributed by atoms with Crippen LogP contribution in [0.2, 0.25) is 0 Å². The van der Waals surface area contributed by atoms with Gasteiger partial charge in [-0.05, 0) is 17.7 Å². The van der Waals surface area contributed by atoms with E-state index in [1.54, 1.807) is 0 Å². The summed E-state index contributed by atoms with van der Waals surface area (Å²) in [7, 11) is 0. The van der Waals surface area contributed by atoms with E-state index >= 15 is 0 Å². The minimum atomic E-state index is -0.203. The van der Waals surface area contributed by atoms with Crippen LogP contribution in [0.25, 0.3) is 0 Å². The maximum atomic E-state index is 10.4. The van der Waals surface area contributed by atoms with Gasteiger partial charge in [0.05, 0.1) is 0 Å². The first-order valence-electron chi connectivity index (χ1n) is 4.69. The van der Waals surface area contributed by atoms with Gasteiger partial charge >= 0.3 is 0 Å². The Labute approximate surface area is 88.9 Å². The summed E-state index contributed by atoms with van der Waals surface area (Å²) in [4.78, 5) is 10.4. The van der Waals surface area contributed by atoms with E-state index < -0.39 is 0 Å². The first-order valence-corrected chi connectivity index (χ1v) is 5.84. The standard InChI is InChI=1S/C11H15NOS/c12-11(13)7-4-8-14-9-10-5-2-1-3-6-10/h1-3,5-6H,4,7-9H2,(H2,12,13). The normalized spacial score (nSPS) is 10.0. The predicted molar refractivity (Wildman–Crippen MR) is 61.0 cm³/mol. The number of nitrogens with two attached hydrogens (primary N) is 1. The summed E-state index contributed by atoms with van der Waals surface area (Å²) in [6, 6.07) is 10.3. The van der Waals surface area contributed by atoms with E-state index in [0.717, 1.165) is 17.9 Å². The van der Waals surface area contributed by atoms with Crippen LogP contribution in [0.3, 0.4) is 0 Å². The molecule has 3 heteroatoms. The molecule has 1 aromatic carbocycles. The average Bonchev–Trinajstić information content (AvgIpc) is 2.18. The molecule has 0 bridgehead atoms. The molecular formula is C11H15NOS. The molecule has 0 spiro atoms. The lowest BCUT2D eigenvalue weighted by Gasteiger charge is -2.00. The van der Waals surface area contributed by atoms with Crippen molar-refractivity contribution in [2.45, 2.75) is 18.6 Å². The van der Waals surface area contributed by atoms with E-state index in [4.69, 9.17) is 5.73 Å². The van der Waals surface area contributed by atoms with Gasteiger partial charge in [-0.3, -0.25) is 4.79 Å². The van der Waals surface area contributed by atoms with Crippen molar-refractivity contribution >= 4 is 17.7 Å². The Hall–Kier alpha value is -0.960. The number of carbonyl (C=O) groups excluding carboxylic acids is 1. The van der Waals surface area contributed by atoms with Gasteiger partial charge in [0.15, 0.2) is 0 Å². The molecule has 0 unspecified atom stereocenters. The lowest BCUT2D eigenvalue weighted by molar-refractivity contribution is -0.118. The van der Waals surface area contributed by atoms with Crippen molar-refractivity contribution in [3.8, 4) is 0 Å². The largest absolute Gasteiger partial charge is 0.370 e. The molecule has 0 aliphatic heterocycles. The molecule has 0 heterocycles. The number of thioether (sulfide) groups is 1. The van der Waals surface area contributed by atoms with E-state index in [0.29, 0.717) is 6.42 Å².